The molecular weight excluding hydrogens is 232 g/mol. The Labute approximate surface area is 115 Å². The Morgan fingerprint density at radius 2 is 2.11 bits per heavy atom. The van der Waals surface area contributed by atoms with Gasteiger partial charge in [0.2, 0.25) is 0 Å². The molecule has 1 heterocycles. The summed E-state index contributed by atoms with van der Waals surface area (Å²) in [7, 11) is 0. The van der Waals surface area contributed by atoms with Crippen molar-refractivity contribution >= 4 is 10.9 Å². The average Bonchev–Trinajstić information content (AvgIpc) is 2.38. The van der Waals surface area contributed by atoms with Gasteiger partial charge in [-0.1, -0.05) is 37.3 Å². The van der Waals surface area contributed by atoms with Crippen LogP contribution in [0.15, 0.2) is 42.5 Å². The monoisotopic (exact) mass is 254 g/mol. The van der Waals surface area contributed by atoms with Gasteiger partial charge in [0, 0.05) is 11.1 Å². The van der Waals surface area contributed by atoms with Crippen molar-refractivity contribution in [1.82, 2.24) is 10.3 Å². The lowest BCUT2D eigenvalue weighted by Crippen LogP contribution is -2.23. The molecule has 0 spiro atoms. The molecule has 0 fully saturated rings. The lowest BCUT2D eigenvalue weighted by Gasteiger charge is -2.21. The Morgan fingerprint density at radius 1 is 1.37 bits per heavy atom. The largest absolute Gasteiger partial charge is 0.307 e. The maximum Gasteiger partial charge on any atom is 0.0708 e. The van der Waals surface area contributed by atoms with Crippen molar-refractivity contribution in [3.63, 3.8) is 0 Å². The smallest absolute Gasteiger partial charge is 0.0708 e. The van der Waals surface area contributed by atoms with E-state index >= 15 is 0 Å². The molecule has 0 aliphatic carbocycles. The zero-order chi connectivity index (χ0) is 13.8. The first-order valence-corrected chi connectivity index (χ1v) is 6.88. The second-order valence-electron chi connectivity index (χ2n) is 5.10. The maximum atomic E-state index is 4.60. The van der Waals surface area contributed by atoms with Gasteiger partial charge in [-0.3, -0.25) is 4.98 Å². The summed E-state index contributed by atoms with van der Waals surface area (Å²) < 4.78 is 0. The topological polar surface area (TPSA) is 24.9 Å². The van der Waals surface area contributed by atoms with Gasteiger partial charge in [0.1, 0.15) is 0 Å². The molecule has 0 saturated carbocycles. The maximum absolute atomic E-state index is 4.60. The zero-order valence-corrected chi connectivity index (χ0v) is 12.0. The first-order valence-electron chi connectivity index (χ1n) is 6.88. The van der Waals surface area contributed by atoms with Crippen molar-refractivity contribution in [1.29, 1.82) is 0 Å². The average molecular weight is 254 g/mol. The first kappa shape index (κ1) is 13.8. The molecule has 1 aromatic heterocycles. The Balaban J connectivity index is 2.54. The lowest BCUT2D eigenvalue weighted by molar-refractivity contribution is 0.593. The van der Waals surface area contributed by atoms with Crippen molar-refractivity contribution in [2.75, 3.05) is 6.54 Å². The van der Waals surface area contributed by atoms with E-state index in [1.165, 1.54) is 10.9 Å². The Morgan fingerprint density at radius 3 is 2.79 bits per heavy atom. The van der Waals surface area contributed by atoms with Crippen LogP contribution >= 0.6 is 0 Å². The van der Waals surface area contributed by atoms with Crippen LogP contribution in [-0.2, 0) is 0 Å². The van der Waals surface area contributed by atoms with Crippen LogP contribution in [0.4, 0.5) is 0 Å². The molecule has 2 nitrogen and oxygen atoms in total. The van der Waals surface area contributed by atoms with Crippen LogP contribution in [-0.4, -0.2) is 11.5 Å². The van der Waals surface area contributed by atoms with Crippen LogP contribution in [0.5, 0.6) is 0 Å². The molecule has 0 aliphatic heterocycles. The highest BCUT2D eigenvalue weighted by atomic mass is 14.9. The van der Waals surface area contributed by atoms with Gasteiger partial charge >= 0.3 is 0 Å². The van der Waals surface area contributed by atoms with Crippen molar-refractivity contribution in [2.24, 2.45) is 0 Å². The molecule has 1 aromatic carbocycles. The number of benzene rings is 1. The minimum absolute atomic E-state index is 0.201. The third-order valence-electron chi connectivity index (χ3n) is 3.28. The molecule has 19 heavy (non-hydrogen) atoms. The van der Waals surface area contributed by atoms with E-state index < -0.39 is 0 Å². The predicted molar refractivity (Wildman–Crippen MR) is 82.3 cm³/mol. The summed E-state index contributed by atoms with van der Waals surface area (Å²) in [6.07, 6.45) is 1.12. The Bertz CT molecular complexity index is 587. The van der Waals surface area contributed by atoms with E-state index in [0.717, 1.165) is 29.7 Å². The Kier molecular flexibility index (Phi) is 4.33. The fraction of sp³-hybridized carbons (Fsp3) is 0.353. The second kappa shape index (κ2) is 5.98. The number of hydrogen-bond donors (Lipinski definition) is 1. The van der Waals surface area contributed by atoms with Crippen molar-refractivity contribution in [3.8, 4) is 0 Å². The minimum Gasteiger partial charge on any atom is -0.307 e. The summed E-state index contributed by atoms with van der Waals surface area (Å²) in [6, 6.07) is 10.7. The van der Waals surface area contributed by atoms with Gasteiger partial charge < -0.3 is 5.32 Å². The van der Waals surface area contributed by atoms with Crippen LogP contribution in [0.1, 0.15) is 37.6 Å². The normalized spacial score (nSPS) is 12.6. The van der Waals surface area contributed by atoms with Gasteiger partial charge in [0.05, 0.1) is 11.6 Å². The number of fused-ring (bicyclic) bond motifs is 1. The van der Waals surface area contributed by atoms with E-state index in [2.05, 4.69) is 55.0 Å². The van der Waals surface area contributed by atoms with E-state index in [9.17, 15) is 0 Å². The number of para-hydroxylation sites is 1. The molecule has 1 unspecified atom stereocenters. The number of nitrogens with one attached hydrogen (secondary N) is 1. The second-order valence-corrected chi connectivity index (χ2v) is 5.10. The first-order chi connectivity index (χ1) is 9.13. The SMILES string of the molecule is C=C(C)C(NCCC)c1cc(C)nc2ccccc12. The molecule has 0 aliphatic rings. The van der Waals surface area contributed by atoms with E-state index in [1.807, 2.05) is 13.0 Å². The highest BCUT2D eigenvalue weighted by Gasteiger charge is 2.15. The van der Waals surface area contributed by atoms with E-state index in [4.69, 9.17) is 0 Å². The van der Waals surface area contributed by atoms with Gasteiger partial charge in [-0.15, -0.1) is 0 Å². The zero-order valence-electron chi connectivity index (χ0n) is 12.0. The third-order valence-corrected chi connectivity index (χ3v) is 3.28. The molecule has 0 saturated heterocycles. The van der Waals surface area contributed by atoms with Crippen molar-refractivity contribution in [3.05, 3.63) is 53.7 Å². The van der Waals surface area contributed by atoms with Gasteiger partial charge in [-0.25, -0.2) is 0 Å². The van der Waals surface area contributed by atoms with E-state index in [1.54, 1.807) is 0 Å². The lowest BCUT2D eigenvalue weighted by atomic mass is 9.96. The fourth-order valence-corrected chi connectivity index (χ4v) is 2.42. The molecule has 1 N–H and O–H groups in total. The number of hydrogen-bond acceptors (Lipinski definition) is 2. The number of rotatable bonds is 5. The van der Waals surface area contributed by atoms with Crippen LogP contribution in [0, 0.1) is 6.92 Å². The van der Waals surface area contributed by atoms with Crippen LogP contribution < -0.4 is 5.32 Å². The molecular formula is C17H22N2. The van der Waals surface area contributed by atoms with Crippen molar-refractivity contribution in [2.45, 2.75) is 33.2 Å². The standard InChI is InChI=1S/C17H22N2/c1-5-10-18-17(12(2)3)15-11-13(4)19-16-9-7-6-8-14(15)16/h6-9,11,17-18H,2,5,10H2,1,3-4H3. The number of nitrogens with zero attached hydrogens (tertiary/aromatic N) is 1. The minimum atomic E-state index is 0.201. The summed E-state index contributed by atoms with van der Waals surface area (Å²) in [5.41, 5.74) is 4.54. The molecule has 1 atom stereocenters. The highest BCUT2D eigenvalue weighted by molar-refractivity contribution is 5.83. The summed E-state index contributed by atoms with van der Waals surface area (Å²) in [6.45, 7) is 11.4. The van der Waals surface area contributed by atoms with Gasteiger partial charge in [0.15, 0.2) is 0 Å². The van der Waals surface area contributed by atoms with Crippen LogP contribution in [0.2, 0.25) is 0 Å². The highest BCUT2D eigenvalue weighted by Crippen LogP contribution is 2.28. The van der Waals surface area contributed by atoms with Crippen molar-refractivity contribution < 1.29 is 0 Å². The number of pyridine rings is 1. The molecule has 0 amide bonds. The summed E-state index contributed by atoms with van der Waals surface area (Å²) >= 11 is 0. The van der Waals surface area contributed by atoms with Gasteiger partial charge in [-0.05, 0) is 44.5 Å². The van der Waals surface area contributed by atoms with Gasteiger partial charge in [0.25, 0.3) is 0 Å². The molecule has 0 radical (unpaired) electrons. The molecule has 100 valence electrons. The third kappa shape index (κ3) is 3.02. The molecule has 2 heteroatoms. The summed E-state index contributed by atoms with van der Waals surface area (Å²) in [5, 5.41) is 4.79. The summed E-state index contributed by atoms with van der Waals surface area (Å²) in [4.78, 5) is 4.60. The molecule has 2 aromatic rings. The van der Waals surface area contributed by atoms with Crippen LogP contribution in [0.3, 0.4) is 0 Å². The molecule has 2 rings (SSSR count). The number of aromatic nitrogens is 1. The quantitative estimate of drug-likeness (QED) is 0.810. The Hall–Kier alpha value is -1.67. The van der Waals surface area contributed by atoms with E-state index in [-0.39, 0.29) is 6.04 Å². The van der Waals surface area contributed by atoms with Gasteiger partial charge in [-0.2, -0.15) is 0 Å². The fourth-order valence-electron chi connectivity index (χ4n) is 2.42. The molecule has 0 bridgehead atoms. The number of aryl methyl sites for hydroxylation is 1. The van der Waals surface area contributed by atoms with E-state index in [0.29, 0.717) is 0 Å². The summed E-state index contributed by atoms with van der Waals surface area (Å²) in [5.74, 6) is 0. The predicted octanol–water partition coefficient (Wildman–Crippen LogP) is 4.16. The van der Waals surface area contributed by atoms with Crippen LogP contribution in [0.25, 0.3) is 10.9 Å².